The summed E-state index contributed by atoms with van der Waals surface area (Å²) in [7, 11) is 0. The van der Waals surface area contributed by atoms with Gasteiger partial charge in [-0.25, -0.2) is 0 Å². The number of carbonyl (C=O) groups excluding carboxylic acids is 1. The topological polar surface area (TPSA) is 49.3 Å². The van der Waals surface area contributed by atoms with E-state index in [0.717, 1.165) is 29.5 Å². The molecule has 3 nitrogen and oxygen atoms in total. The largest absolute Gasteiger partial charge is 0.390 e. The molecule has 0 aromatic heterocycles. The Kier molecular flexibility index (Phi) is 4.38. The molecule has 0 fully saturated rings. The Labute approximate surface area is 114 Å². The van der Waals surface area contributed by atoms with Gasteiger partial charge in [0, 0.05) is 12.5 Å². The lowest BCUT2D eigenvalue weighted by Crippen LogP contribution is -2.32. The number of amides is 1. The fourth-order valence-corrected chi connectivity index (χ4v) is 2.58. The summed E-state index contributed by atoms with van der Waals surface area (Å²) in [5.41, 5.74) is 3.28. The molecule has 0 saturated carbocycles. The first kappa shape index (κ1) is 13.8. The van der Waals surface area contributed by atoms with Crippen molar-refractivity contribution in [2.75, 3.05) is 0 Å². The van der Waals surface area contributed by atoms with Crippen LogP contribution in [0, 0.1) is 0 Å². The highest BCUT2D eigenvalue weighted by atomic mass is 16.3. The highest BCUT2D eigenvalue weighted by Gasteiger charge is 2.31. The molecule has 1 aromatic carbocycles. The maximum absolute atomic E-state index is 12.0. The first-order valence-corrected chi connectivity index (χ1v) is 6.91. The van der Waals surface area contributed by atoms with Crippen molar-refractivity contribution in [3.8, 4) is 0 Å². The van der Waals surface area contributed by atoms with Gasteiger partial charge in [-0.05, 0) is 24.0 Å². The normalized spacial score (nSPS) is 20.8. The van der Waals surface area contributed by atoms with E-state index < -0.39 is 6.10 Å². The number of fused-ring (bicyclic) bond motifs is 1. The van der Waals surface area contributed by atoms with E-state index in [-0.39, 0.29) is 11.9 Å². The van der Waals surface area contributed by atoms with Gasteiger partial charge in [-0.3, -0.25) is 4.79 Å². The highest BCUT2D eigenvalue weighted by molar-refractivity contribution is 5.88. The van der Waals surface area contributed by atoms with Crippen molar-refractivity contribution in [3.63, 3.8) is 0 Å². The van der Waals surface area contributed by atoms with Gasteiger partial charge >= 0.3 is 0 Å². The molecule has 0 bridgehead atoms. The van der Waals surface area contributed by atoms with Gasteiger partial charge in [0.15, 0.2) is 0 Å². The Hall–Kier alpha value is -1.61. The van der Waals surface area contributed by atoms with Crippen LogP contribution >= 0.6 is 0 Å². The lowest BCUT2D eigenvalue weighted by molar-refractivity contribution is -0.118. The van der Waals surface area contributed by atoms with Crippen LogP contribution in [0.1, 0.15) is 43.9 Å². The number of aliphatic hydroxyl groups is 1. The summed E-state index contributed by atoms with van der Waals surface area (Å²) in [6, 6.07) is 7.59. The standard InChI is InChI=1S/C16H21NO2/c1-3-11(4-2)9-15(19)17-16-13-8-6-5-7-12(13)10-14(16)18/h5-9,14,16,18H,3-4,10H2,1-2H3,(H,17,19)/t14-,16+/m0/s1. The number of aliphatic hydroxyl groups excluding tert-OH is 1. The lowest BCUT2D eigenvalue weighted by Gasteiger charge is -2.17. The molecule has 0 saturated heterocycles. The molecule has 2 atom stereocenters. The van der Waals surface area contributed by atoms with Crippen LogP contribution in [0.5, 0.6) is 0 Å². The van der Waals surface area contributed by atoms with Crippen molar-refractivity contribution in [3.05, 3.63) is 47.0 Å². The van der Waals surface area contributed by atoms with Crippen molar-refractivity contribution in [1.29, 1.82) is 0 Å². The van der Waals surface area contributed by atoms with E-state index in [1.165, 1.54) is 0 Å². The van der Waals surface area contributed by atoms with Gasteiger partial charge in [0.25, 0.3) is 0 Å². The Morgan fingerprint density at radius 2 is 2.05 bits per heavy atom. The van der Waals surface area contributed by atoms with E-state index >= 15 is 0 Å². The number of carbonyl (C=O) groups is 1. The molecule has 102 valence electrons. The summed E-state index contributed by atoms with van der Waals surface area (Å²) in [4.78, 5) is 12.0. The molecule has 19 heavy (non-hydrogen) atoms. The van der Waals surface area contributed by atoms with Crippen molar-refractivity contribution in [1.82, 2.24) is 5.32 Å². The summed E-state index contributed by atoms with van der Waals surface area (Å²) in [6.07, 6.45) is 3.51. The number of hydrogen-bond acceptors (Lipinski definition) is 2. The minimum Gasteiger partial charge on any atom is -0.390 e. The van der Waals surface area contributed by atoms with E-state index in [1.54, 1.807) is 6.08 Å². The average Bonchev–Trinajstić information content (AvgIpc) is 2.72. The number of benzene rings is 1. The Morgan fingerprint density at radius 3 is 2.74 bits per heavy atom. The fraction of sp³-hybridized carbons (Fsp3) is 0.438. The maximum Gasteiger partial charge on any atom is 0.244 e. The molecule has 0 unspecified atom stereocenters. The lowest BCUT2D eigenvalue weighted by atomic mass is 10.1. The first-order chi connectivity index (χ1) is 9.15. The second-order valence-corrected chi connectivity index (χ2v) is 4.97. The van der Waals surface area contributed by atoms with Gasteiger partial charge in [0.2, 0.25) is 5.91 Å². The number of allylic oxidation sites excluding steroid dienone is 1. The van der Waals surface area contributed by atoms with Crippen molar-refractivity contribution < 1.29 is 9.90 Å². The molecule has 2 rings (SSSR count). The van der Waals surface area contributed by atoms with Gasteiger partial charge < -0.3 is 10.4 Å². The summed E-state index contributed by atoms with van der Waals surface area (Å²) >= 11 is 0. The number of nitrogens with one attached hydrogen (secondary N) is 1. The van der Waals surface area contributed by atoms with Crippen LogP contribution in [-0.4, -0.2) is 17.1 Å². The Morgan fingerprint density at radius 1 is 1.37 bits per heavy atom. The van der Waals surface area contributed by atoms with Crippen LogP contribution in [-0.2, 0) is 11.2 Å². The molecule has 1 aliphatic carbocycles. The molecular formula is C16H21NO2. The number of hydrogen-bond donors (Lipinski definition) is 2. The summed E-state index contributed by atoms with van der Waals surface area (Å²) in [5.74, 6) is -0.112. The number of rotatable bonds is 4. The monoisotopic (exact) mass is 259 g/mol. The molecule has 1 aliphatic rings. The highest BCUT2D eigenvalue weighted by Crippen LogP contribution is 2.31. The summed E-state index contributed by atoms with van der Waals surface area (Å²) < 4.78 is 0. The molecule has 0 aliphatic heterocycles. The molecule has 0 spiro atoms. The SMILES string of the molecule is CCC(=CC(=O)N[C@@H]1c2ccccc2C[C@@H]1O)CC. The Bertz CT molecular complexity index is 487. The van der Waals surface area contributed by atoms with Crippen molar-refractivity contribution in [2.24, 2.45) is 0 Å². The molecule has 0 radical (unpaired) electrons. The average molecular weight is 259 g/mol. The minimum absolute atomic E-state index is 0.112. The molecule has 2 N–H and O–H groups in total. The van der Waals surface area contributed by atoms with Gasteiger partial charge in [-0.15, -0.1) is 0 Å². The van der Waals surface area contributed by atoms with Crippen LogP contribution in [0.15, 0.2) is 35.9 Å². The second-order valence-electron chi connectivity index (χ2n) is 4.97. The maximum atomic E-state index is 12.0. The smallest absolute Gasteiger partial charge is 0.244 e. The van der Waals surface area contributed by atoms with Crippen LogP contribution in [0.25, 0.3) is 0 Å². The predicted molar refractivity (Wildman–Crippen MR) is 75.7 cm³/mol. The van der Waals surface area contributed by atoms with Crippen LogP contribution in [0.4, 0.5) is 0 Å². The molecule has 3 heteroatoms. The van der Waals surface area contributed by atoms with E-state index in [1.807, 2.05) is 38.1 Å². The first-order valence-electron chi connectivity index (χ1n) is 6.91. The van der Waals surface area contributed by atoms with Crippen LogP contribution in [0.2, 0.25) is 0 Å². The van der Waals surface area contributed by atoms with Crippen LogP contribution in [0.3, 0.4) is 0 Å². The van der Waals surface area contributed by atoms with Crippen LogP contribution < -0.4 is 5.32 Å². The summed E-state index contributed by atoms with van der Waals surface area (Å²) in [6.45, 7) is 4.09. The molecule has 0 heterocycles. The second kappa shape index (κ2) is 6.02. The predicted octanol–water partition coefficient (Wildman–Crippen LogP) is 2.51. The molecule has 1 amide bonds. The van der Waals surface area contributed by atoms with Gasteiger partial charge in [0.1, 0.15) is 0 Å². The van der Waals surface area contributed by atoms with E-state index in [0.29, 0.717) is 6.42 Å². The van der Waals surface area contributed by atoms with Crippen molar-refractivity contribution in [2.45, 2.75) is 45.3 Å². The zero-order valence-corrected chi connectivity index (χ0v) is 11.5. The third kappa shape index (κ3) is 3.04. The van der Waals surface area contributed by atoms with Gasteiger partial charge in [0.05, 0.1) is 12.1 Å². The van der Waals surface area contributed by atoms with E-state index in [9.17, 15) is 9.90 Å². The van der Waals surface area contributed by atoms with Gasteiger partial charge in [-0.2, -0.15) is 0 Å². The van der Waals surface area contributed by atoms with E-state index in [2.05, 4.69) is 5.32 Å². The van der Waals surface area contributed by atoms with Crippen molar-refractivity contribution >= 4 is 5.91 Å². The molecule has 1 aromatic rings. The summed E-state index contributed by atoms with van der Waals surface area (Å²) in [5, 5.41) is 13.0. The van der Waals surface area contributed by atoms with Gasteiger partial charge in [-0.1, -0.05) is 43.7 Å². The molecular weight excluding hydrogens is 238 g/mol. The quantitative estimate of drug-likeness (QED) is 0.816. The third-order valence-corrected chi connectivity index (χ3v) is 3.75. The zero-order chi connectivity index (χ0) is 13.8. The fourth-order valence-electron chi connectivity index (χ4n) is 2.58. The minimum atomic E-state index is -0.526. The Balaban J connectivity index is 2.11. The van der Waals surface area contributed by atoms with E-state index in [4.69, 9.17) is 0 Å². The third-order valence-electron chi connectivity index (χ3n) is 3.75. The zero-order valence-electron chi connectivity index (χ0n) is 11.5.